The lowest BCUT2D eigenvalue weighted by molar-refractivity contribution is -0.0502. The summed E-state index contributed by atoms with van der Waals surface area (Å²) in [7, 11) is 3.54. The lowest BCUT2D eigenvalue weighted by Gasteiger charge is -2.32. The van der Waals surface area contributed by atoms with Gasteiger partial charge in [0.1, 0.15) is 35.1 Å². The largest absolute Gasteiger partial charge is 0.496 e. The number of hydrogen-bond donors (Lipinski definition) is 0. The molecule has 192 valence electrons. The molecule has 2 aliphatic rings. The number of carbonyl (C=O) groups is 1. The van der Waals surface area contributed by atoms with Crippen LogP contribution in [-0.2, 0) is 0 Å². The van der Waals surface area contributed by atoms with Crippen molar-refractivity contribution in [2.24, 2.45) is 5.92 Å². The van der Waals surface area contributed by atoms with E-state index in [1.807, 2.05) is 22.7 Å². The number of ether oxygens (including phenoxy) is 3. The summed E-state index contributed by atoms with van der Waals surface area (Å²) >= 11 is 0. The second kappa shape index (κ2) is 10.4. The van der Waals surface area contributed by atoms with Crippen LogP contribution in [0.2, 0.25) is 0 Å². The average molecular weight is 500 g/mol. The number of benzene rings is 1. The standard InChI is InChI=1S/C27H31F2N3O4/c1-31-9-4-3-5-19(31)16-35-20-8-10-32-21(15-30-25(32)14-20)18-12-23(34-2)26(22(33)11-17-6-7-17)24(13-18)36-27(28)29/h8,10,12-15,17,19,27H,3-7,9,11,16H2,1-2H3/t19-/m1/s1. The predicted molar refractivity (Wildman–Crippen MR) is 131 cm³/mol. The highest BCUT2D eigenvalue weighted by Crippen LogP contribution is 2.40. The highest BCUT2D eigenvalue weighted by atomic mass is 19.3. The average Bonchev–Trinajstić information content (AvgIpc) is 3.57. The Kier molecular flexibility index (Phi) is 7.09. The van der Waals surface area contributed by atoms with Crippen LogP contribution in [0.5, 0.6) is 17.2 Å². The lowest BCUT2D eigenvalue weighted by Crippen LogP contribution is -2.40. The number of carbonyl (C=O) groups excluding carboxylic acids is 1. The molecule has 7 nitrogen and oxygen atoms in total. The molecule has 0 N–H and O–H groups in total. The Bertz CT molecular complexity index is 1240. The number of pyridine rings is 1. The second-order valence-corrected chi connectivity index (χ2v) is 9.68. The first-order valence-electron chi connectivity index (χ1n) is 12.4. The van der Waals surface area contributed by atoms with Crippen LogP contribution in [-0.4, -0.2) is 60.0 Å². The zero-order chi connectivity index (χ0) is 25.2. The van der Waals surface area contributed by atoms with Gasteiger partial charge in [0.05, 0.1) is 19.0 Å². The maximum atomic E-state index is 13.3. The quantitative estimate of drug-likeness (QED) is 0.345. The van der Waals surface area contributed by atoms with Gasteiger partial charge in [-0.15, -0.1) is 0 Å². The Balaban J connectivity index is 1.43. The third-order valence-corrected chi connectivity index (χ3v) is 7.10. The molecule has 1 atom stereocenters. The van der Waals surface area contributed by atoms with E-state index < -0.39 is 6.61 Å². The number of fused-ring (bicyclic) bond motifs is 1. The predicted octanol–water partition coefficient (Wildman–Crippen LogP) is 5.46. The van der Waals surface area contributed by atoms with E-state index in [0.29, 0.717) is 41.9 Å². The molecule has 2 aromatic heterocycles. The molecule has 5 rings (SSSR count). The van der Waals surface area contributed by atoms with Gasteiger partial charge in [-0.2, -0.15) is 8.78 Å². The third-order valence-electron chi connectivity index (χ3n) is 7.10. The van der Waals surface area contributed by atoms with Crippen LogP contribution in [0.4, 0.5) is 8.78 Å². The Morgan fingerprint density at radius 3 is 2.69 bits per heavy atom. The van der Waals surface area contributed by atoms with Crippen LogP contribution in [0.3, 0.4) is 0 Å². The Hall–Kier alpha value is -3.20. The van der Waals surface area contributed by atoms with E-state index in [9.17, 15) is 13.6 Å². The van der Waals surface area contributed by atoms with Gasteiger partial charge in [0.2, 0.25) is 0 Å². The number of likely N-dealkylation sites (N-methyl/N-ethyl adjacent to an activating group) is 1. The summed E-state index contributed by atoms with van der Waals surface area (Å²) < 4.78 is 44.7. The number of rotatable bonds is 10. The van der Waals surface area contributed by atoms with E-state index >= 15 is 0 Å². The van der Waals surface area contributed by atoms with Crippen molar-refractivity contribution in [3.63, 3.8) is 0 Å². The molecule has 9 heteroatoms. The fourth-order valence-electron chi connectivity index (χ4n) is 4.86. The van der Waals surface area contributed by atoms with E-state index in [-0.39, 0.29) is 22.8 Å². The number of alkyl halides is 2. The number of hydrogen-bond acceptors (Lipinski definition) is 6. The number of halogens is 2. The van der Waals surface area contributed by atoms with Gasteiger partial charge >= 0.3 is 6.61 Å². The highest BCUT2D eigenvalue weighted by molar-refractivity contribution is 6.02. The van der Waals surface area contributed by atoms with Gasteiger partial charge in [-0.05, 0) is 63.4 Å². The maximum Gasteiger partial charge on any atom is 0.387 e. The van der Waals surface area contributed by atoms with Crippen molar-refractivity contribution >= 4 is 11.4 Å². The smallest absolute Gasteiger partial charge is 0.387 e. The lowest BCUT2D eigenvalue weighted by atomic mass is 10.00. The normalized spacial score (nSPS) is 18.5. The highest BCUT2D eigenvalue weighted by Gasteiger charge is 2.30. The number of Topliss-reactive ketones (excluding diaryl/α,β-unsaturated/α-hetero) is 1. The first-order chi connectivity index (χ1) is 17.4. The van der Waals surface area contributed by atoms with E-state index in [4.69, 9.17) is 14.2 Å². The summed E-state index contributed by atoms with van der Waals surface area (Å²) in [5.74, 6) is 0.797. The molecule has 1 aromatic carbocycles. The molecule has 1 aliphatic carbocycles. The Morgan fingerprint density at radius 1 is 1.17 bits per heavy atom. The Labute approximate surface area is 209 Å². The van der Waals surface area contributed by atoms with Crippen LogP contribution in [0, 0.1) is 5.92 Å². The number of imidazole rings is 1. The molecule has 1 saturated carbocycles. The van der Waals surface area contributed by atoms with Crippen LogP contribution >= 0.6 is 0 Å². The van der Waals surface area contributed by atoms with E-state index in [1.165, 1.54) is 26.0 Å². The summed E-state index contributed by atoms with van der Waals surface area (Å²) in [5.41, 5.74) is 1.92. The number of methoxy groups -OCH3 is 1. The second-order valence-electron chi connectivity index (χ2n) is 9.68. The van der Waals surface area contributed by atoms with Gasteiger partial charge in [-0.1, -0.05) is 6.42 Å². The van der Waals surface area contributed by atoms with E-state index in [1.54, 1.807) is 12.3 Å². The summed E-state index contributed by atoms with van der Waals surface area (Å²) in [5, 5.41) is 0. The number of piperidine rings is 1. The van der Waals surface area contributed by atoms with E-state index in [2.05, 4.69) is 16.9 Å². The zero-order valence-corrected chi connectivity index (χ0v) is 20.6. The number of likely N-dealkylation sites (tertiary alicyclic amines) is 1. The minimum Gasteiger partial charge on any atom is -0.496 e. The molecule has 1 aliphatic heterocycles. The van der Waals surface area contributed by atoms with Crippen molar-refractivity contribution < 1.29 is 27.8 Å². The van der Waals surface area contributed by atoms with Crippen LogP contribution in [0.15, 0.2) is 36.7 Å². The van der Waals surface area contributed by atoms with Crippen molar-refractivity contribution in [3.8, 4) is 28.5 Å². The Morgan fingerprint density at radius 2 is 1.97 bits per heavy atom. The summed E-state index contributed by atoms with van der Waals surface area (Å²) in [6.45, 7) is -1.37. The molecule has 2 fully saturated rings. The summed E-state index contributed by atoms with van der Waals surface area (Å²) in [6, 6.07) is 7.25. The fourth-order valence-corrected chi connectivity index (χ4v) is 4.86. The van der Waals surface area contributed by atoms with Gasteiger partial charge < -0.3 is 19.1 Å². The van der Waals surface area contributed by atoms with Crippen LogP contribution < -0.4 is 14.2 Å². The fraction of sp³-hybridized carbons (Fsp3) is 0.481. The monoisotopic (exact) mass is 499 g/mol. The number of aromatic nitrogens is 2. The molecule has 0 unspecified atom stereocenters. The first kappa shape index (κ1) is 24.5. The molecule has 1 saturated heterocycles. The topological polar surface area (TPSA) is 65.3 Å². The molecule has 3 heterocycles. The van der Waals surface area contributed by atoms with E-state index in [0.717, 1.165) is 31.6 Å². The number of ketones is 1. The number of nitrogens with zero attached hydrogens (tertiary/aromatic N) is 3. The molecule has 36 heavy (non-hydrogen) atoms. The third kappa shape index (κ3) is 5.31. The van der Waals surface area contributed by atoms with Crippen molar-refractivity contribution in [1.29, 1.82) is 0 Å². The van der Waals surface area contributed by atoms with Gasteiger partial charge in [0.15, 0.2) is 5.78 Å². The molecule has 0 amide bonds. The minimum absolute atomic E-state index is 0.0608. The van der Waals surface area contributed by atoms with Crippen LogP contribution in [0.1, 0.15) is 48.9 Å². The van der Waals surface area contributed by atoms with Crippen LogP contribution in [0.25, 0.3) is 16.9 Å². The minimum atomic E-state index is -3.07. The van der Waals surface area contributed by atoms with Crippen molar-refractivity contribution in [2.75, 3.05) is 27.3 Å². The van der Waals surface area contributed by atoms with Crippen molar-refractivity contribution in [2.45, 2.75) is 51.2 Å². The molecular formula is C27H31F2N3O4. The molecule has 0 bridgehead atoms. The van der Waals surface area contributed by atoms with Gasteiger partial charge in [-0.3, -0.25) is 9.20 Å². The summed E-state index contributed by atoms with van der Waals surface area (Å²) in [4.78, 5) is 19.7. The molecular weight excluding hydrogens is 468 g/mol. The van der Waals surface area contributed by atoms with Gasteiger partial charge in [-0.25, -0.2) is 4.98 Å². The van der Waals surface area contributed by atoms with Crippen molar-refractivity contribution in [3.05, 3.63) is 42.2 Å². The summed E-state index contributed by atoms with van der Waals surface area (Å²) in [6.07, 6.45) is 9.29. The first-order valence-corrected chi connectivity index (χ1v) is 12.4. The molecule has 0 spiro atoms. The zero-order valence-electron chi connectivity index (χ0n) is 20.6. The molecule has 3 aromatic rings. The SMILES string of the molecule is COc1cc(-c2cnc3cc(OC[C@H]4CCCCN4C)ccn23)cc(OC(F)F)c1C(=O)CC1CC1. The van der Waals surface area contributed by atoms with Gasteiger partial charge in [0, 0.05) is 30.3 Å². The maximum absolute atomic E-state index is 13.3. The van der Waals surface area contributed by atoms with Crippen molar-refractivity contribution in [1.82, 2.24) is 14.3 Å². The molecule has 0 radical (unpaired) electrons. The van der Waals surface area contributed by atoms with Gasteiger partial charge in [0.25, 0.3) is 0 Å².